The van der Waals surface area contributed by atoms with Crippen LogP contribution < -0.4 is 11.0 Å². The third-order valence-electron chi connectivity index (χ3n) is 3.25. The van der Waals surface area contributed by atoms with Gasteiger partial charge in [-0.1, -0.05) is 42.5 Å². The number of para-hydroxylation sites is 1. The lowest BCUT2D eigenvalue weighted by Gasteiger charge is -2.01. The summed E-state index contributed by atoms with van der Waals surface area (Å²) in [5.41, 5.74) is 3.14. The quantitative estimate of drug-likeness (QED) is 0.418. The highest BCUT2D eigenvalue weighted by Crippen LogP contribution is 2.15. The Morgan fingerprint density at radius 2 is 1.80 bits per heavy atom. The minimum atomic E-state index is -0.502. The van der Waals surface area contributed by atoms with Gasteiger partial charge in [0.2, 0.25) is 5.95 Å². The highest BCUT2D eigenvalue weighted by Gasteiger charge is 2.10. The van der Waals surface area contributed by atoms with E-state index in [4.69, 9.17) is 0 Å². The standard InChI is InChI=1S/C16H12N6O3/c23-15-14(11-6-2-1-3-7-11)19-21-16(18-15)20-17-10-12-8-4-5-9-13(12)22(24)25/h1-10H,(H2,18,20,21,23). The van der Waals surface area contributed by atoms with Crippen LogP contribution in [0.5, 0.6) is 0 Å². The average molecular weight is 336 g/mol. The number of nitrogens with one attached hydrogen (secondary N) is 2. The molecule has 0 aliphatic heterocycles. The van der Waals surface area contributed by atoms with Crippen LogP contribution >= 0.6 is 0 Å². The lowest BCUT2D eigenvalue weighted by atomic mass is 10.2. The SMILES string of the molecule is O=c1[nH]c(NN=Cc2ccccc2[N+](=O)[O-])nnc1-c1ccccc1. The number of aromatic amines is 1. The minimum absolute atomic E-state index is 0.0273. The summed E-state index contributed by atoms with van der Waals surface area (Å²) in [6, 6.07) is 15.1. The van der Waals surface area contributed by atoms with Crippen LogP contribution in [0.2, 0.25) is 0 Å². The smallest absolute Gasteiger partial charge is 0.279 e. The Labute approximate surface area is 141 Å². The van der Waals surface area contributed by atoms with Crippen LogP contribution in [0.4, 0.5) is 11.6 Å². The molecule has 2 N–H and O–H groups in total. The Hall–Kier alpha value is -3.88. The van der Waals surface area contributed by atoms with Gasteiger partial charge in [-0.25, -0.2) is 5.43 Å². The molecule has 0 fully saturated rings. The molecule has 9 heteroatoms. The number of hydrogen-bond donors (Lipinski definition) is 2. The summed E-state index contributed by atoms with van der Waals surface area (Å²) >= 11 is 0. The van der Waals surface area contributed by atoms with Gasteiger partial charge >= 0.3 is 0 Å². The van der Waals surface area contributed by atoms with E-state index in [1.54, 1.807) is 42.5 Å². The molecule has 0 spiro atoms. The van der Waals surface area contributed by atoms with Crippen molar-refractivity contribution in [2.45, 2.75) is 0 Å². The monoisotopic (exact) mass is 336 g/mol. The maximum absolute atomic E-state index is 12.1. The molecule has 3 rings (SSSR count). The van der Waals surface area contributed by atoms with Crippen molar-refractivity contribution in [1.82, 2.24) is 15.2 Å². The zero-order valence-electron chi connectivity index (χ0n) is 12.8. The van der Waals surface area contributed by atoms with Gasteiger partial charge in [-0.05, 0) is 6.07 Å². The van der Waals surface area contributed by atoms with Crippen LogP contribution in [0.3, 0.4) is 0 Å². The molecule has 0 aliphatic rings. The van der Waals surface area contributed by atoms with Gasteiger partial charge in [0.15, 0.2) is 5.69 Å². The second-order valence-electron chi connectivity index (χ2n) is 4.90. The first-order chi connectivity index (χ1) is 12.1. The van der Waals surface area contributed by atoms with E-state index in [0.717, 1.165) is 0 Å². The highest BCUT2D eigenvalue weighted by atomic mass is 16.6. The lowest BCUT2D eigenvalue weighted by Crippen LogP contribution is -2.15. The summed E-state index contributed by atoms with van der Waals surface area (Å²) in [6.07, 6.45) is 1.27. The number of nitro groups is 1. The molecule has 0 amide bonds. The minimum Gasteiger partial charge on any atom is -0.288 e. The van der Waals surface area contributed by atoms with Crippen molar-refractivity contribution in [2.75, 3.05) is 5.43 Å². The second-order valence-corrected chi connectivity index (χ2v) is 4.90. The molecule has 9 nitrogen and oxygen atoms in total. The number of rotatable bonds is 5. The van der Waals surface area contributed by atoms with Gasteiger partial charge in [0.25, 0.3) is 11.2 Å². The molecular formula is C16H12N6O3. The van der Waals surface area contributed by atoms with Crippen molar-refractivity contribution in [3.05, 3.63) is 80.6 Å². The van der Waals surface area contributed by atoms with E-state index in [2.05, 4.69) is 25.7 Å². The normalized spacial score (nSPS) is 10.7. The molecule has 3 aromatic rings. The summed E-state index contributed by atoms with van der Waals surface area (Å²) in [4.78, 5) is 25.0. The molecular weight excluding hydrogens is 324 g/mol. The molecule has 2 aromatic carbocycles. The largest absolute Gasteiger partial charge is 0.288 e. The van der Waals surface area contributed by atoms with E-state index in [9.17, 15) is 14.9 Å². The molecule has 25 heavy (non-hydrogen) atoms. The molecule has 0 aliphatic carbocycles. The number of anilines is 1. The predicted octanol–water partition coefficient (Wildman–Crippen LogP) is 2.19. The first kappa shape index (κ1) is 16.0. The Morgan fingerprint density at radius 1 is 1.08 bits per heavy atom. The molecule has 1 aromatic heterocycles. The van der Waals surface area contributed by atoms with Gasteiger partial charge < -0.3 is 0 Å². The van der Waals surface area contributed by atoms with E-state index in [1.165, 1.54) is 12.3 Å². The Bertz CT molecular complexity index is 984. The number of nitro benzene ring substituents is 1. The van der Waals surface area contributed by atoms with Crippen LogP contribution in [0, 0.1) is 10.1 Å². The van der Waals surface area contributed by atoms with Gasteiger partial charge in [-0.2, -0.15) is 5.10 Å². The fraction of sp³-hybridized carbons (Fsp3) is 0. The van der Waals surface area contributed by atoms with E-state index < -0.39 is 10.5 Å². The number of hydrazone groups is 1. The Balaban J connectivity index is 1.78. The number of aromatic nitrogens is 3. The third kappa shape index (κ3) is 3.72. The summed E-state index contributed by atoms with van der Waals surface area (Å²) in [5, 5.41) is 22.5. The van der Waals surface area contributed by atoms with Crippen molar-refractivity contribution in [3.63, 3.8) is 0 Å². The van der Waals surface area contributed by atoms with Crippen molar-refractivity contribution in [1.29, 1.82) is 0 Å². The molecule has 0 atom stereocenters. The third-order valence-corrected chi connectivity index (χ3v) is 3.25. The zero-order chi connectivity index (χ0) is 17.6. The van der Waals surface area contributed by atoms with Gasteiger partial charge in [-0.15, -0.1) is 10.2 Å². The van der Waals surface area contributed by atoms with Crippen molar-refractivity contribution < 1.29 is 4.92 Å². The number of hydrogen-bond acceptors (Lipinski definition) is 7. The fourth-order valence-electron chi connectivity index (χ4n) is 2.10. The maximum atomic E-state index is 12.1. The first-order valence-electron chi connectivity index (χ1n) is 7.20. The molecule has 1 heterocycles. The zero-order valence-corrected chi connectivity index (χ0v) is 12.8. The van der Waals surface area contributed by atoms with Gasteiger partial charge in [-0.3, -0.25) is 19.9 Å². The maximum Gasteiger partial charge on any atom is 0.279 e. The fourth-order valence-corrected chi connectivity index (χ4v) is 2.10. The van der Waals surface area contributed by atoms with Crippen LogP contribution in [-0.2, 0) is 0 Å². The van der Waals surface area contributed by atoms with Crippen molar-refractivity contribution in [2.24, 2.45) is 5.10 Å². The molecule has 124 valence electrons. The average Bonchev–Trinajstić information content (AvgIpc) is 2.63. The number of benzene rings is 2. The van der Waals surface area contributed by atoms with Crippen molar-refractivity contribution >= 4 is 17.9 Å². The van der Waals surface area contributed by atoms with Crippen molar-refractivity contribution in [3.8, 4) is 11.3 Å². The van der Waals surface area contributed by atoms with E-state index in [-0.39, 0.29) is 17.3 Å². The molecule has 0 bridgehead atoms. The second kappa shape index (κ2) is 7.13. The predicted molar refractivity (Wildman–Crippen MR) is 92.4 cm³/mol. The highest BCUT2D eigenvalue weighted by molar-refractivity contribution is 5.85. The van der Waals surface area contributed by atoms with E-state index in [1.807, 2.05) is 6.07 Å². The molecule has 0 saturated heterocycles. The molecule has 0 saturated carbocycles. The van der Waals surface area contributed by atoms with Gasteiger partial charge in [0.1, 0.15) is 0 Å². The summed E-state index contributed by atoms with van der Waals surface area (Å²) < 4.78 is 0. The van der Waals surface area contributed by atoms with E-state index in [0.29, 0.717) is 11.1 Å². The molecule has 0 radical (unpaired) electrons. The first-order valence-corrected chi connectivity index (χ1v) is 7.20. The molecule has 0 unspecified atom stereocenters. The topological polar surface area (TPSA) is 126 Å². The number of nitrogens with zero attached hydrogens (tertiary/aromatic N) is 4. The number of H-pyrrole nitrogens is 1. The van der Waals surface area contributed by atoms with Crippen LogP contribution in [0.15, 0.2) is 64.5 Å². The van der Waals surface area contributed by atoms with Gasteiger partial charge in [0.05, 0.1) is 16.7 Å². The van der Waals surface area contributed by atoms with Crippen LogP contribution in [0.1, 0.15) is 5.56 Å². The summed E-state index contributed by atoms with van der Waals surface area (Å²) in [7, 11) is 0. The Morgan fingerprint density at radius 3 is 2.52 bits per heavy atom. The van der Waals surface area contributed by atoms with E-state index >= 15 is 0 Å². The summed E-state index contributed by atoms with van der Waals surface area (Å²) in [6.45, 7) is 0. The van der Waals surface area contributed by atoms with Crippen LogP contribution in [0.25, 0.3) is 11.3 Å². The Kier molecular flexibility index (Phi) is 4.56. The lowest BCUT2D eigenvalue weighted by molar-refractivity contribution is -0.385. The van der Waals surface area contributed by atoms with Crippen LogP contribution in [-0.4, -0.2) is 26.3 Å². The van der Waals surface area contributed by atoms with Gasteiger partial charge in [0, 0.05) is 11.6 Å². The summed E-state index contributed by atoms with van der Waals surface area (Å²) in [5.74, 6) is 0.0273.